The zero-order valence-electron chi connectivity index (χ0n) is 37.8. The molecule has 4 unspecified atom stereocenters. The third-order valence-electron chi connectivity index (χ3n) is 16.1. The second-order valence-electron chi connectivity index (χ2n) is 19.5. The molecule has 0 radical (unpaired) electrons. The number of rotatable bonds is 6. The lowest BCUT2D eigenvalue weighted by Crippen LogP contribution is -2.32. The van der Waals surface area contributed by atoms with E-state index in [9.17, 15) is 0 Å². The SMILES string of the molecule is C=C(c1ccc(N2C3=C(C4=C(C=CCC4)CC3)C3C=CC=CC32)cc1)c1ccccc1N=C(N)n1c2c(c3c1C=C(C1=CC4=C(CC1)N(C1=CC=CCC1)C1C=CC=CC41)CC3)CCC=C2. The Hall–Kier alpha value is -6.85. The van der Waals surface area contributed by atoms with E-state index in [-0.39, 0.29) is 0 Å². The molecule has 0 spiro atoms. The number of hydrogen-bond donors (Lipinski definition) is 1. The van der Waals surface area contributed by atoms with E-state index in [4.69, 9.17) is 17.3 Å². The minimum atomic E-state index is 0.306. The summed E-state index contributed by atoms with van der Waals surface area (Å²) in [6.07, 6.45) is 52.8. The van der Waals surface area contributed by atoms with Gasteiger partial charge in [-0.25, -0.2) is 4.99 Å². The van der Waals surface area contributed by atoms with Crippen LogP contribution in [0.3, 0.4) is 0 Å². The Morgan fingerprint density at radius 1 is 0.621 bits per heavy atom. The molecule has 0 amide bonds. The monoisotopic (exact) mass is 859 g/mol. The maximum Gasteiger partial charge on any atom is 0.205 e. The number of para-hydroxylation sites is 1. The number of aliphatic imine (C=N–C) groups is 1. The molecule has 10 aliphatic rings. The molecule has 0 saturated heterocycles. The first-order valence-corrected chi connectivity index (χ1v) is 24.7. The Morgan fingerprint density at radius 3 is 2.21 bits per heavy atom. The van der Waals surface area contributed by atoms with E-state index in [1.165, 1.54) is 62.0 Å². The van der Waals surface area contributed by atoms with Crippen molar-refractivity contribution < 1.29 is 0 Å². The lowest BCUT2D eigenvalue weighted by molar-refractivity contribution is 0.343. The standard InChI is InChI=1S/C61H57N5/c1-39(40-27-32-45(33-28-40)65-56-26-14-10-22-51(56)60-47-19-6-5-15-41(47)30-36-58(60)65)46-18-7-11-23-53(46)63-61(62)66-55-25-13-8-20-48(55)50-34-29-43(38-59(50)66)42-31-35-57-52(37-42)49-21-9-12-24-54(49)64(57)44-16-3-2-4-17-44/h2-3,5,7,9-16,18,21-28,32-33,37-38,49,51,54,56H,1,4,6,8,17,19-20,29-31,34-36H2,(H2,62,63). The van der Waals surface area contributed by atoms with Crippen molar-refractivity contribution in [3.05, 3.63) is 230 Å². The van der Waals surface area contributed by atoms with Gasteiger partial charge < -0.3 is 15.5 Å². The molecule has 2 aliphatic heterocycles. The van der Waals surface area contributed by atoms with Crippen LogP contribution in [0.2, 0.25) is 0 Å². The average Bonchev–Trinajstić information content (AvgIpc) is 4.02. The fourth-order valence-electron chi connectivity index (χ4n) is 13.1. The normalized spacial score (nSPS) is 25.6. The summed E-state index contributed by atoms with van der Waals surface area (Å²) in [5.74, 6) is 1.28. The van der Waals surface area contributed by atoms with Crippen LogP contribution in [0, 0.1) is 11.8 Å². The molecule has 66 heavy (non-hydrogen) atoms. The molecule has 5 heteroatoms. The molecule has 2 aromatic carbocycles. The Kier molecular flexibility index (Phi) is 9.54. The van der Waals surface area contributed by atoms with Crippen LogP contribution in [-0.2, 0) is 12.8 Å². The highest BCUT2D eigenvalue weighted by Crippen LogP contribution is 2.52. The number of nitrogens with zero attached hydrogens (tertiary/aromatic N) is 4. The smallest absolute Gasteiger partial charge is 0.205 e. The third-order valence-corrected chi connectivity index (χ3v) is 16.1. The summed E-state index contributed by atoms with van der Waals surface area (Å²) < 4.78 is 2.25. The van der Waals surface area contributed by atoms with Crippen molar-refractivity contribution in [1.29, 1.82) is 0 Å². The van der Waals surface area contributed by atoms with Crippen LogP contribution < -0.4 is 10.6 Å². The maximum absolute atomic E-state index is 7.26. The van der Waals surface area contributed by atoms with Gasteiger partial charge in [0, 0.05) is 40.2 Å². The van der Waals surface area contributed by atoms with Gasteiger partial charge in [0.2, 0.25) is 5.96 Å². The van der Waals surface area contributed by atoms with E-state index in [0.29, 0.717) is 29.9 Å². The number of anilines is 1. The molecule has 3 aromatic rings. The fraction of sp³-hybridized carbons (Fsp3) is 0.262. The van der Waals surface area contributed by atoms with Crippen LogP contribution in [0.4, 0.5) is 11.4 Å². The summed E-state index contributed by atoms with van der Waals surface area (Å²) in [6, 6.07) is 18.1. The van der Waals surface area contributed by atoms with Gasteiger partial charge in [-0.05, 0) is 169 Å². The number of fused-ring (bicyclic) bond motifs is 8. The Bertz CT molecular complexity index is 3070. The molecule has 1 aromatic heterocycles. The minimum absolute atomic E-state index is 0.306. The van der Waals surface area contributed by atoms with Crippen molar-refractivity contribution in [2.75, 3.05) is 4.90 Å². The Balaban J connectivity index is 0.819. The number of benzene rings is 2. The molecule has 5 nitrogen and oxygen atoms in total. The first-order valence-electron chi connectivity index (χ1n) is 24.7. The second kappa shape index (κ2) is 15.9. The highest BCUT2D eigenvalue weighted by atomic mass is 15.2. The van der Waals surface area contributed by atoms with Gasteiger partial charge in [-0.3, -0.25) is 4.57 Å². The lowest BCUT2D eigenvalue weighted by Gasteiger charge is -2.34. The highest BCUT2D eigenvalue weighted by Gasteiger charge is 2.43. The number of nitrogens with two attached hydrogens (primary N) is 1. The summed E-state index contributed by atoms with van der Waals surface area (Å²) in [7, 11) is 0. The number of allylic oxidation sites excluding steroid dienone is 18. The van der Waals surface area contributed by atoms with Crippen LogP contribution in [0.25, 0.3) is 17.7 Å². The lowest BCUT2D eigenvalue weighted by atomic mass is 9.78. The topological polar surface area (TPSA) is 49.8 Å². The van der Waals surface area contributed by atoms with E-state index in [1.807, 2.05) is 0 Å². The van der Waals surface area contributed by atoms with Crippen LogP contribution >= 0.6 is 0 Å². The van der Waals surface area contributed by atoms with E-state index in [1.54, 1.807) is 16.7 Å². The molecular formula is C61H57N5. The van der Waals surface area contributed by atoms with Crippen molar-refractivity contribution in [3.63, 3.8) is 0 Å². The molecular weight excluding hydrogens is 803 g/mol. The molecule has 3 heterocycles. The second-order valence-corrected chi connectivity index (χ2v) is 19.5. The van der Waals surface area contributed by atoms with Crippen molar-refractivity contribution in [2.45, 2.75) is 89.1 Å². The van der Waals surface area contributed by atoms with Crippen LogP contribution in [-0.4, -0.2) is 27.5 Å². The van der Waals surface area contributed by atoms with Crippen LogP contribution in [0.5, 0.6) is 0 Å². The van der Waals surface area contributed by atoms with Crippen molar-refractivity contribution in [1.82, 2.24) is 9.47 Å². The Morgan fingerprint density at radius 2 is 1.35 bits per heavy atom. The summed E-state index contributed by atoms with van der Waals surface area (Å²) in [5, 5.41) is 0. The van der Waals surface area contributed by atoms with Gasteiger partial charge >= 0.3 is 0 Å². The molecule has 8 aliphatic carbocycles. The van der Waals surface area contributed by atoms with Gasteiger partial charge in [0.05, 0.1) is 29.2 Å². The average molecular weight is 860 g/mol. The van der Waals surface area contributed by atoms with E-state index >= 15 is 0 Å². The summed E-state index contributed by atoms with van der Waals surface area (Å²) in [5.41, 5.74) is 31.2. The molecule has 0 fully saturated rings. The van der Waals surface area contributed by atoms with Crippen molar-refractivity contribution in [2.24, 2.45) is 22.6 Å². The summed E-state index contributed by atoms with van der Waals surface area (Å²) in [6.45, 7) is 4.69. The summed E-state index contributed by atoms with van der Waals surface area (Å²) in [4.78, 5) is 10.6. The minimum Gasteiger partial charge on any atom is -0.369 e. The van der Waals surface area contributed by atoms with E-state index in [2.05, 4.69) is 166 Å². The van der Waals surface area contributed by atoms with Gasteiger partial charge in [0.15, 0.2) is 0 Å². The molecule has 0 saturated carbocycles. The zero-order chi connectivity index (χ0) is 43.9. The van der Waals surface area contributed by atoms with Crippen molar-refractivity contribution in [3.8, 4) is 0 Å². The largest absolute Gasteiger partial charge is 0.369 e. The predicted molar refractivity (Wildman–Crippen MR) is 274 cm³/mol. The molecule has 13 rings (SSSR count). The van der Waals surface area contributed by atoms with Gasteiger partial charge in [-0.1, -0.05) is 122 Å². The van der Waals surface area contributed by atoms with Crippen molar-refractivity contribution >= 4 is 35.1 Å². The quantitative estimate of drug-likeness (QED) is 0.198. The first-order chi connectivity index (χ1) is 32.6. The highest BCUT2D eigenvalue weighted by molar-refractivity contribution is 5.93. The maximum atomic E-state index is 7.26. The molecule has 326 valence electrons. The first kappa shape index (κ1) is 39.5. The fourth-order valence-corrected chi connectivity index (χ4v) is 13.1. The third kappa shape index (κ3) is 6.30. The predicted octanol–water partition coefficient (Wildman–Crippen LogP) is 13.6. The number of hydrogen-bond acceptors (Lipinski definition) is 3. The van der Waals surface area contributed by atoms with Crippen LogP contribution in [0.15, 0.2) is 202 Å². The van der Waals surface area contributed by atoms with E-state index < -0.39 is 0 Å². The zero-order valence-corrected chi connectivity index (χ0v) is 37.8. The molecule has 4 atom stereocenters. The summed E-state index contributed by atoms with van der Waals surface area (Å²) >= 11 is 0. The van der Waals surface area contributed by atoms with Crippen LogP contribution in [0.1, 0.15) is 97.8 Å². The van der Waals surface area contributed by atoms with Gasteiger partial charge in [0.1, 0.15) is 0 Å². The van der Waals surface area contributed by atoms with Gasteiger partial charge in [-0.15, -0.1) is 0 Å². The van der Waals surface area contributed by atoms with E-state index in [0.717, 1.165) is 99.4 Å². The number of aromatic nitrogens is 1. The Labute approximate surface area is 389 Å². The molecule has 0 bridgehead atoms. The molecule has 2 N–H and O–H groups in total. The van der Waals surface area contributed by atoms with Gasteiger partial charge in [0.25, 0.3) is 0 Å². The van der Waals surface area contributed by atoms with Gasteiger partial charge in [-0.2, -0.15) is 0 Å².